The SMILES string of the molecule is [B]=C1N(CCCO)C(=O)c2c(nc(Oc3ccccc3OC)n2Cc2ccc(Cl)cc2)N1C. The van der Waals surface area contributed by atoms with Crippen LogP contribution in [0.5, 0.6) is 17.5 Å². The van der Waals surface area contributed by atoms with Gasteiger partial charge in [-0.15, -0.1) is 0 Å². The molecule has 10 heteroatoms. The van der Waals surface area contributed by atoms with Gasteiger partial charge in [-0.1, -0.05) is 0 Å². The second-order valence-corrected chi connectivity index (χ2v) is 7.92. The van der Waals surface area contributed by atoms with Crippen LogP contribution in [-0.4, -0.2) is 66.0 Å². The zero-order valence-electron chi connectivity index (χ0n) is 18.4. The van der Waals surface area contributed by atoms with Crippen molar-refractivity contribution >= 4 is 36.5 Å². The summed E-state index contributed by atoms with van der Waals surface area (Å²) in [6, 6.07) is 14.7. The van der Waals surface area contributed by atoms with E-state index in [2.05, 4.69) is 4.98 Å². The zero-order chi connectivity index (χ0) is 23.5. The Morgan fingerprint density at radius 3 is 2.48 bits per heavy atom. The molecule has 0 spiro atoms. The van der Waals surface area contributed by atoms with E-state index in [1.165, 1.54) is 4.90 Å². The number of aliphatic hydroxyl groups is 1. The summed E-state index contributed by atoms with van der Waals surface area (Å²) in [4.78, 5) is 21.2. The first kappa shape index (κ1) is 22.9. The van der Waals surface area contributed by atoms with Gasteiger partial charge in [-0.05, 0) is 0 Å². The average Bonchev–Trinajstić information content (AvgIpc) is 3.17. The predicted octanol–water partition coefficient (Wildman–Crippen LogP) is 2.92. The van der Waals surface area contributed by atoms with Gasteiger partial charge in [0.15, 0.2) is 0 Å². The van der Waals surface area contributed by atoms with Crippen LogP contribution in [0, 0.1) is 0 Å². The predicted molar refractivity (Wildman–Crippen MR) is 128 cm³/mol. The Morgan fingerprint density at radius 1 is 1.12 bits per heavy atom. The van der Waals surface area contributed by atoms with Gasteiger partial charge in [-0.2, -0.15) is 0 Å². The summed E-state index contributed by atoms with van der Waals surface area (Å²) < 4.78 is 13.3. The molecule has 0 bridgehead atoms. The van der Waals surface area contributed by atoms with E-state index in [0.717, 1.165) is 5.56 Å². The molecule has 8 nitrogen and oxygen atoms in total. The van der Waals surface area contributed by atoms with Crippen LogP contribution in [-0.2, 0) is 6.54 Å². The van der Waals surface area contributed by atoms with E-state index in [1.54, 1.807) is 47.9 Å². The molecule has 1 N–H and O–H groups in total. The Bertz CT molecular complexity index is 1180. The van der Waals surface area contributed by atoms with E-state index in [0.29, 0.717) is 41.0 Å². The fourth-order valence-electron chi connectivity index (χ4n) is 3.63. The molecule has 2 aromatic carbocycles. The van der Waals surface area contributed by atoms with Gasteiger partial charge >= 0.3 is 198 Å². The topological polar surface area (TPSA) is 80.1 Å². The van der Waals surface area contributed by atoms with Gasteiger partial charge in [0, 0.05) is 0 Å². The number of para-hydroxylation sites is 2. The fraction of sp³-hybridized carbons (Fsp3) is 0.261. The standard InChI is InChI=1S/C23H23BClN4O4/c1-27-20-19(21(31)28(22(27)24)12-5-13-30)29(14-15-8-10-16(25)11-9-15)23(26-20)33-18-7-4-3-6-17(18)32-2/h3-4,6-11,30H,5,12-14H2,1-2H3. The van der Waals surface area contributed by atoms with Crippen LogP contribution in [0.3, 0.4) is 0 Å². The average molecular weight is 466 g/mol. The quantitative estimate of drug-likeness (QED) is 0.515. The molecule has 0 fully saturated rings. The van der Waals surface area contributed by atoms with Crippen molar-refractivity contribution in [2.24, 2.45) is 0 Å². The molecular formula is C23H23BClN4O4. The minimum absolute atomic E-state index is 0.0557. The minimum atomic E-state index is -0.314. The number of hydrogen-bond donors (Lipinski definition) is 1. The molecule has 1 aromatic heterocycles. The molecule has 169 valence electrons. The van der Waals surface area contributed by atoms with Gasteiger partial charge in [-0.25, -0.2) is 0 Å². The second-order valence-electron chi connectivity index (χ2n) is 7.48. The van der Waals surface area contributed by atoms with E-state index in [9.17, 15) is 9.90 Å². The Labute approximate surface area is 198 Å². The number of methoxy groups -OCH3 is 1. The van der Waals surface area contributed by atoms with Gasteiger partial charge in [-0.3, -0.25) is 0 Å². The summed E-state index contributed by atoms with van der Waals surface area (Å²) in [5, 5.41) is 9.87. The van der Waals surface area contributed by atoms with Crippen LogP contribution >= 0.6 is 11.6 Å². The Hall–Kier alpha value is -3.30. The molecule has 1 radical (unpaired) electrons. The summed E-state index contributed by atoms with van der Waals surface area (Å²) >= 11 is 6.04. The summed E-state index contributed by atoms with van der Waals surface area (Å²) in [5.41, 5.74) is 1.48. The third-order valence-electron chi connectivity index (χ3n) is 5.36. The first-order valence-corrected chi connectivity index (χ1v) is 10.8. The summed E-state index contributed by atoms with van der Waals surface area (Å²) in [6.45, 7) is 0.539. The molecule has 4 rings (SSSR count). The van der Waals surface area contributed by atoms with Crippen molar-refractivity contribution in [1.29, 1.82) is 0 Å². The van der Waals surface area contributed by atoms with Crippen LogP contribution in [0.1, 0.15) is 22.5 Å². The van der Waals surface area contributed by atoms with E-state index < -0.39 is 0 Å². The molecule has 0 aliphatic carbocycles. The molecule has 2 heterocycles. The number of hydrogen-bond acceptors (Lipinski definition) is 6. The van der Waals surface area contributed by atoms with Crippen LogP contribution in [0.15, 0.2) is 48.5 Å². The van der Waals surface area contributed by atoms with E-state index in [1.807, 2.05) is 24.3 Å². The van der Waals surface area contributed by atoms with E-state index in [4.69, 9.17) is 28.6 Å². The molecule has 3 aromatic rings. The van der Waals surface area contributed by atoms with Crippen molar-refractivity contribution in [1.82, 2.24) is 14.5 Å². The summed E-state index contributed by atoms with van der Waals surface area (Å²) in [5.74, 6) is 1.07. The van der Waals surface area contributed by atoms with Crippen molar-refractivity contribution in [2.45, 2.75) is 13.0 Å². The monoisotopic (exact) mass is 465 g/mol. The fourth-order valence-corrected chi connectivity index (χ4v) is 3.76. The number of imidazole rings is 1. The van der Waals surface area contributed by atoms with E-state index >= 15 is 0 Å². The number of benzene rings is 2. The van der Waals surface area contributed by atoms with Gasteiger partial charge in [0.1, 0.15) is 0 Å². The molecule has 0 unspecified atom stereocenters. The number of fused-ring (bicyclic) bond motifs is 1. The molecule has 1 aliphatic heterocycles. The van der Waals surface area contributed by atoms with Crippen molar-refractivity contribution in [3.8, 4) is 17.5 Å². The number of carbonyl (C=O) groups excluding carboxylic acids is 1. The molecule has 0 atom stereocenters. The van der Waals surface area contributed by atoms with Crippen LogP contribution in [0.4, 0.5) is 5.82 Å². The number of ether oxygens (including phenoxy) is 2. The van der Waals surface area contributed by atoms with Crippen LogP contribution < -0.4 is 14.4 Å². The normalized spacial score (nSPS) is 13.3. The Morgan fingerprint density at radius 2 is 1.82 bits per heavy atom. The van der Waals surface area contributed by atoms with Gasteiger partial charge in [0.05, 0.1) is 0 Å². The van der Waals surface area contributed by atoms with Gasteiger partial charge in [0.25, 0.3) is 0 Å². The molecule has 1 amide bonds. The molecule has 0 saturated heterocycles. The van der Waals surface area contributed by atoms with E-state index in [-0.39, 0.29) is 30.8 Å². The molecule has 0 saturated carbocycles. The maximum atomic E-state index is 13.5. The number of halogens is 1. The number of aliphatic hydroxyl groups excluding tert-OH is 1. The third kappa shape index (κ3) is 4.47. The van der Waals surface area contributed by atoms with Crippen LogP contribution in [0.25, 0.3) is 0 Å². The molecule has 33 heavy (non-hydrogen) atoms. The number of anilines is 1. The van der Waals surface area contributed by atoms with Crippen molar-refractivity contribution in [3.05, 3.63) is 64.8 Å². The molecule has 1 aliphatic rings. The Balaban J connectivity index is 1.82. The van der Waals surface area contributed by atoms with Crippen molar-refractivity contribution < 1.29 is 19.4 Å². The van der Waals surface area contributed by atoms with Crippen molar-refractivity contribution in [2.75, 3.05) is 32.2 Å². The Kier molecular flexibility index (Phi) is 6.71. The maximum absolute atomic E-state index is 13.5. The van der Waals surface area contributed by atoms with Crippen LogP contribution in [0.2, 0.25) is 5.02 Å². The number of rotatable bonds is 8. The number of aromatic nitrogens is 2. The van der Waals surface area contributed by atoms with Gasteiger partial charge in [0.2, 0.25) is 0 Å². The third-order valence-corrected chi connectivity index (χ3v) is 5.62. The summed E-state index contributed by atoms with van der Waals surface area (Å²) in [6.07, 6.45) is 0.394. The first-order valence-electron chi connectivity index (χ1n) is 10.4. The number of amides is 1. The first-order chi connectivity index (χ1) is 15.9. The molecular weight excluding hydrogens is 443 g/mol. The number of carbonyl (C=O) groups is 1. The van der Waals surface area contributed by atoms with Crippen molar-refractivity contribution in [3.63, 3.8) is 0 Å². The number of nitrogens with zero attached hydrogens (tertiary/aromatic N) is 4. The zero-order valence-corrected chi connectivity index (χ0v) is 19.1. The second kappa shape index (κ2) is 9.68. The van der Waals surface area contributed by atoms with Gasteiger partial charge < -0.3 is 0 Å². The summed E-state index contributed by atoms with van der Waals surface area (Å²) in [7, 11) is 9.53.